The highest BCUT2D eigenvalue weighted by Crippen LogP contribution is 2.44. The molecule has 0 spiro atoms. The number of fused-ring (bicyclic) bond motifs is 1. The number of rotatable bonds is 10. The van der Waals surface area contributed by atoms with Gasteiger partial charge in [0.25, 0.3) is 0 Å². The van der Waals surface area contributed by atoms with Gasteiger partial charge in [-0.1, -0.05) is 11.6 Å². The maximum atomic E-state index is 6.60. The van der Waals surface area contributed by atoms with Crippen molar-refractivity contribution in [1.82, 2.24) is 24.6 Å². The minimum absolute atomic E-state index is 0.348. The van der Waals surface area contributed by atoms with Gasteiger partial charge < -0.3 is 30.3 Å². The van der Waals surface area contributed by atoms with Crippen LogP contribution in [-0.2, 0) is 0 Å². The highest BCUT2D eigenvalue weighted by Gasteiger charge is 2.30. The van der Waals surface area contributed by atoms with Crippen LogP contribution in [0.15, 0.2) is 36.5 Å². The maximum Gasteiger partial charge on any atom is 0.229 e. The quantitative estimate of drug-likeness (QED) is 0.279. The van der Waals surface area contributed by atoms with Crippen molar-refractivity contribution in [2.45, 2.75) is 18.8 Å². The zero-order valence-corrected chi connectivity index (χ0v) is 23.1. The normalized spacial score (nSPS) is 13.2. The van der Waals surface area contributed by atoms with Gasteiger partial charge in [0.15, 0.2) is 5.82 Å². The van der Waals surface area contributed by atoms with Crippen LogP contribution in [0.1, 0.15) is 24.5 Å². The topological polar surface area (TPSA) is 107 Å². The van der Waals surface area contributed by atoms with Gasteiger partial charge in [-0.3, -0.25) is 0 Å². The Bertz CT molecular complexity index is 1470. The molecule has 2 aromatic carbocycles. The summed E-state index contributed by atoms with van der Waals surface area (Å²) in [5.74, 6) is 2.68. The lowest BCUT2D eigenvalue weighted by molar-refractivity contribution is 0.413. The van der Waals surface area contributed by atoms with Gasteiger partial charge >= 0.3 is 0 Å². The Balaban J connectivity index is 1.49. The summed E-state index contributed by atoms with van der Waals surface area (Å²) < 4.78 is 12.9. The van der Waals surface area contributed by atoms with E-state index >= 15 is 0 Å². The molecule has 0 radical (unpaired) electrons. The van der Waals surface area contributed by atoms with E-state index in [4.69, 9.17) is 36.9 Å². The van der Waals surface area contributed by atoms with Crippen LogP contribution in [0, 0.1) is 0 Å². The molecular formula is C27H33ClN8O2. The number of anilines is 4. The Labute approximate surface area is 227 Å². The number of hydrogen-bond donors (Lipinski definition) is 2. The average molecular weight is 537 g/mol. The number of nitrogens with zero attached hydrogens (tertiary/aromatic N) is 6. The second-order valence-corrected chi connectivity index (χ2v) is 10.2. The molecule has 4 aromatic rings. The fourth-order valence-electron chi connectivity index (χ4n) is 4.41. The van der Waals surface area contributed by atoms with Crippen LogP contribution in [0.4, 0.5) is 23.0 Å². The van der Waals surface area contributed by atoms with Crippen molar-refractivity contribution < 1.29 is 9.47 Å². The van der Waals surface area contributed by atoms with Crippen LogP contribution in [0.25, 0.3) is 16.7 Å². The van der Waals surface area contributed by atoms with Gasteiger partial charge in [-0.15, -0.1) is 0 Å². The number of ether oxygens (including phenoxy) is 2. The van der Waals surface area contributed by atoms with Crippen LogP contribution >= 0.6 is 11.6 Å². The number of nitrogens with one attached hydrogen (secondary N) is 1. The Morgan fingerprint density at radius 3 is 2.58 bits per heavy atom. The standard InChI is InChI=1S/C27H33ClN8O2/c1-34(2)10-11-35(3)23-14-24(38-5)21(13-20(23)29)31-27-30-15-19(28)26(32-27)36-22-9-8-17(37-4)12-18(22)25(33-36)16-6-7-16/h8-9,12-16H,6-7,10-11,29H2,1-5H3,(H,30,31,32). The van der Waals surface area contributed by atoms with Crippen molar-refractivity contribution in [3.63, 3.8) is 0 Å². The van der Waals surface area contributed by atoms with Crippen LogP contribution in [0.2, 0.25) is 5.02 Å². The molecule has 1 saturated carbocycles. The minimum atomic E-state index is 0.348. The summed E-state index contributed by atoms with van der Waals surface area (Å²) in [7, 11) is 9.38. The summed E-state index contributed by atoms with van der Waals surface area (Å²) in [6.07, 6.45) is 3.81. The van der Waals surface area contributed by atoms with Gasteiger partial charge in [0.05, 0.1) is 48.7 Å². The first-order valence-electron chi connectivity index (χ1n) is 12.5. The van der Waals surface area contributed by atoms with Crippen molar-refractivity contribution in [3.05, 3.63) is 47.2 Å². The summed E-state index contributed by atoms with van der Waals surface area (Å²) in [5, 5.41) is 9.60. The molecule has 10 nitrogen and oxygen atoms in total. The number of methoxy groups -OCH3 is 2. The molecule has 1 fully saturated rings. The Morgan fingerprint density at radius 2 is 1.89 bits per heavy atom. The molecule has 1 aliphatic rings. The van der Waals surface area contributed by atoms with Crippen LogP contribution in [-0.4, -0.2) is 73.1 Å². The molecular weight excluding hydrogens is 504 g/mol. The molecule has 0 bridgehead atoms. The van der Waals surface area contributed by atoms with Crippen molar-refractivity contribution in [1.29, 1.82) is 0 Å². The SMILES string of the molecule is COc1ccc2c(c1)c(C1CC1)nn2-c1nc(Nc2cc(N)c(N(C)CCN(C)C)cc2OC)ncc1Cl. The fraction of sp³-hybridized carbons (Fsp3) is 0.370. The van der Waals surface area contributed by atoms with Gasteiger partial charge in [0.1, 0.15) is 16.5 Å². The van der Waals surface area contributed by atoms with Gasteiger partial charge in [0, 0.05) is 37.5 Å². The summed E-state index contributed by atoms with van der Waals surface area (Å²) >= 11 is 6.60. The number of nitrogens with two attached hydrogens (primary N) is 1. The third-order valence-corrected chi connectivity index (χ3v) is 6.96. The molecule has 2 heterocycles. The maximum absolute atomic E-state index is 6.60. The average Bonchev–Trinajstić information content (AvgIpc) is 3.68. The van der Waals surface area contributed by atoms with E-state index < -0.39 is 0 Å². The molecule has 0 aliphatic heterocycles. The first kappa shape index (κ1) is 25.9. The van der Waals surface area contributed by atoms with E-state index in [0.29, 0.717) is 39.8 Å². The van der Waals surface area contributed by atoms with E-state index in [-0.39, 0.29) is 0 Å². The van der Waals surface area contributed by atoms with E-state index in [0.717, 1.165) is 54.0 Å². The molecule has 3 N–H and O–H groups in total. The first-order chi connectivity index (χ1) is 18.3. The van der Waals surface area contributed by atoms with Crippen LogP contribution < -0.4 is 25.4 Å². The van der Waals surface area contributed by atoms with E-state index in [1.807, 2.05) is 51.5 Å². The van der Waals surface area contributed by atoms with E-state index in [1.165, 1.54) is 0 Å². The molecule has 38 heavy (non-hydrogen) atoms. The van der Waals surface area contributed by atoms with Gasteiger partial charge in [0.2, 0.25) is 5.95 Å². The lowest BCUT2D eigenvalue weighted by Crippen LogP contribution is -2.29. The molecule has 0 unspecified atom stereocenters. The molecule has 0 amide bonds. The Morgan fingerprint density at radius 1 is 1.11 bits per heavy atom. The highest BCUT2D eigenvalue weighted by atomic mass is 35.5. The molecule has 5 rings (SSSR count). The number of likely N-dealkylation sites (N-methyl/N-ethyl adjacent to an activating group) is 2. The van der Waals surface area contributed by atoms with E-state index in [9.17, 15) is 0 Å². The predicted octanol–water partition coefficient (Wildman–Crippen LogP) is 4.69. The molecule has 0 saturated heterocycles. The van der Waals surface area contributed by atoms with Crippen molar-refractivity contribution in [2.24, 2.45) is 0 Å². The smallest absolute Gasteiger partial charge is 0.229 e. The van der Waals surface area contributed by atoms with E-state index in [1.54, 1.807) is 25.1 Å². The zero-order valence-electron chi connectivity index (χ0n) is 22.3. The molecule has 2 aromatic heterocycles. The Kier molecular flexibility index (Phi) is 7.18. The van der Waals surface area contributed by atoms with Gasteiger partial charge in [-0.25, -0.2) is 9.67 Å². The second-order valence-electron chi connectivity index (χ2n) is 9.78. The van der Waals surface area contributed by atoms with Crippen molar-refractivity contribution in [2.75, 3.05) is 64.4 Å². The number of benzene rings is 2. The predicted molar refractivity (Wildman–Crippen MR) is 153 cm³/mol. The lowest BCUT2D eigenvalue weighted by Gasteiger charge is -2.24. The highest BCUT2D eigenvalue weighted by molar-refractivity contribution is 6.32. The van der Waals surface area contributed by atoms with Gasteiger partial charge in [-0.2, -0.15) is 10.1 Å². The molecule has 0 atom stereocenters. The second kappa shape index (κ2) is 10.5. The zero-order chi connectivity index (χ0) is 27.0. The first-order valence-corrected chi connectivity index (χ1v) is 12.9. The van der Waals surface area contributed by atoms with E-state index in [2.05, 4.69) is 20.1 Å². The third kappa shape index (κ3) is 5.14. The summed E-state index contributed by atoms with van der Waals surface area (Å²) in [6, 6.07) is 9.66. The number of hydrogen-bond acceptors (Lipinski definition) is 9. The lowest BCUT2D eigenvalue weighted by atomic mass is 10.1. The number of nitrogen functional groups attached to an aromatic ring is 1. The fourth-order valence-corrected chi connectivity index (χ4v) is 4.58. The summed E-state index contributed by atoms with van der Waals surface area (Å²) in [4.78, 5) is 13.4. The largest absolute Gasteiger partial charge is 0.497 e. The Hall–Kier alpha value is -3.76. The number of aromatic nitrogens is 4. The van der Waals surface area contributed by atoms with Crippen molar-refractivity contribution in [3.8, 4) is 17.3 Å². The number of halogens is 1. The van der Waals surface area contributed by atoms with Crippen LogP contribution in [0.5, 0.6) is 11.5 Å². The molecule has 1 aliphatic carbocycles. The van der Waals surface area contributed by atoms with Gasteiger partial charge in [-0.05, 0) is 51.2 Å². The summed E-state index contributed by atoms with van der Waals surface area (Å²) in [5.41, 5.74) is 10.5. The minimum Gasteiger partial charge on any atom is -0.497 e. The molecule has 200 valence electrons. The molecule has 11 heteroatoms. The van der Waals surface area contributed by atoms with Crippen molar-refractivity contribution >= 4 is 45.5 Å². The summed E-state index contributed by atoms with van der Waals surface area (Å²) in [6.45, 7) is 1.72. The monoisotopic (exact) mass is 536 g/mol. The van der Waals surface area contributed by atoms with Crippen LogP contribution in [0.3, 0.4) is 0 Å². The third-order valence-electron chi connectivity index (χ3n) is 6.69.